The van der Waals surface area contributed by atoms with Gasteiger partial charge in [-0.3, -0.25) is 4.79 Å². The molecule has 0 aliphatic heterocycles. The normalized spacial score (nSPS) is 10.5. The first-order valence-corrected chi connectivity index (χ1v) is 7.30. The van der Waals surface area contributed by atoms with Crippen LogP contribution >= 0.6 is 15.9 Å². The van der Waals surface area contributed by atoms with Crippen molar-refractivity contribution in [3.63, 3.8) is 0 Å². The molecule has 0 spiro atoms. The van der Waals surface area contributed by atoms with Crippen LogP contribution in [0.2, 0.25) is 0 Å². The predicted octanol–water partition coefficient (Wildman–Crippen LogP) is 2.94. The van der Waals surface area contributed by atoms with Gasteiger partial charge in [0.15, 0.2) is 0 Å². The fraction of sp³-hybridized carbons (Fsp3) is 0.500. The Morgan fingerprint density at radius 3 is 2.68 bits per heavy atom. The average molecular weight is 331 g/mol. The number of halogens is 2. The van der Waals surface area contributed by atoms with Crippen molar-refractivity contribution in [2.75, 3.05) is 19.6 Å². The summed E-state index contributed by atoms with van der Waals surface area (Å²) in [7, 11) is 0. The van der Waals surface area contributed by atoms with Crippen molar-refractivity contribution in [1.82, 2.24) is 10.2 Å². The molecule has 0 aliphatic rings. The molecule has 0 fully saturated rings. The van der Waals surface area contributed by atoms with E-state index in [0.29, 0.717) is 25.1 Å². The van der Waals surface area contributed by atoms with Crippen molar-refractivity contribution >= 4 is 21.8 Å². The Bertz CT molecular complexity index is 422. The lowest BCUT2D eigenvalue weighted by Gasteiger charge is -2.18. The smallest absolute Gasteiger partial charge is 0.223 e. The fourth-order valence-corrected chi connectivity index (χ4v) is 2.24. The standard InChI is InChI=1S/C14H20BrFN2O/c1-3-18(4-2)14(19)7-8-17-10-11-9-12(15)5-6-13(11)16/h5-6,9,17H,3-4,7-8,10H2,1-2H3. The van der Waals surface area contributed by atoms with Crippen molar-refractivity contribution in [3.05, 3.63) is 34.1 Å². The summed E-state index contributed by atoms with van der Waals surface area (Å²) in [5, 5.41) is 3.10. The van der Waals surface area contributed by atoms with E-state index in [1.54, 1.807) is 17.0 Å². The third-order valence-corrected chi connectivity index (χ3v) is 3.45. The molecule has 19 heavy (non-hydrogen) atoms. The van der Waals surface area contributed by atoms with Crippen molar-refractivity contribution < 1.29 is 9.18 Å². The predicted molar refractivity (Wildman–Crippen MR) is 78.4 cm³/mol. The number of carbonyl (C=O) groups excluding carboxylic acids is 1. The highest BCUT2D eigenvalue weighted by atomic mass is 79.9. The minimum atomic E-state index is -0.231. The zero-order valence-corrected chi connectivity index (χ0v) is 13.0. The van der Waals surface area contributed by atoms with E-state index in [0.717, 1.165) is 17.6 Å². The number of benzene rings is 1. The Morgan fingerprint density at radius 1 is 1.37 bits per heavy atom. The van der Waals surface area contributed by atoms with Crippen molar-refractivity contribution in [2.45, 2.75) is 26.8 Å². The highest BCUT2D eigenvalue weighted by Crippen LogP contribution is 2.15. The van der Waals surface area contributed by atoms with Crippen molar-refractivity contribution in [2.24, 2.45) is 0 Å². The highest BCUT2D eigenvalue weighted by Gasteiger charge is 2.08. The Labute approximate surface area is 122 Å². The van der Waals surface area contributed by atoms with E-state index in [1.165, 1.54) is 6.07 Å². The van der Waals surface area contributed by atoms with Gasteiger partial charge in [-0.25, -0.2) is 4.39 Å². The van der Waals surface area contributed by atoms with Gasteiger partial charge in [0, 0.05) is 42.6 Å². The second-order valence-corrected chi connectivity index (χ2v) is 5.14. The summed E-state index contributed by atoms with van der Waals surface area (Å²) in [6, 6.07) is 4.85. The van der Waals surface area contributed by atoms with Crippen LogP contribution in [0, 0.1) is 5.82 Å². The molecule has 0 unspecified atom stereocenters. The summed E-state index contributed by atoms with van der Waals surface area (Å²) < 4.78 is 14.3. The van der Waals surface area contributed by atoms with Crippen molar-refractivity contribution in [1.29, 1.82) is 0 Å². The summed E-state index contributed by atoms with van der Waals surface area (Å²) in [5.74, 6) is -0.0991. The van der Waals surface area contributed by atoms with Gasteiger partial charge in [-0.2, -0.15) is 0 Å². The van der Waals surface area contributed by atoms with Gasteiger partial charge in [-0.1, -0.05) is 15.9 Å². The van der Waals surface area contributed by atoms with Gasteiger partial charge in [0.05, 0.1) is 0 Å². The number of carbonyl (C=O) groups is 1. The van der Waals surface area contributed by atoms with E-state index < -0.39 is 0 Å². The van der Waals surface area contributed by atoms with E-state index in [-0.39, 0.29) is 11.7 Å². The van der Waals surface area contributed by atoms with Crippen LogP contribution in [-0.4, -0.2) is 30.4 Å². The first kappa shape index (κ1) is 16.1. The fourth-order valence-electron chi connectivity index (χ4n) is 1.83. The molecule has 3 nitrogen and oxygen atoms in total. The monoisotopic (exact) mass is 330 g/mol. The zero-order valence-electron chi connectivity index (χ0n) is 11.4. The van der Waals surface area contributed by atoms with E-state index in [1.807, 2.05) is 13.8 Å². The van der Waals surface area contributed by atoms with Crippen LogP contribution in [0.3, 0.4) is 0 Å². The molecular weight excluding hydrogens is 311 g/mol. The Balaban J connectivity index is 2.35. The maximum absolute atomic E-state index is 13.5. The third kappa shape index (κ3) is 5.28. The number of hydrogen-bond acceptors (Lipinski definition) is 2. The summed E-state index contributed by atoms with van der Waals surface area (Å²) in [6.45, 7) is 6.38. The molecule has 0 saturated carbocycles. The first-order chi connectivity index (χ1) is 9.08. The van der Waals surface area contributed by atoms with E-state index >= 15 is 0 Å². The van der Waals surface area contributed by atoms with Crippen LogP contribution in [0.4, 0.5) is 4.39 Å². The molecule has 1 rings (SSSR count). The summed E-state index contributed by atoms with van der Waals surface area (Å²) in [4.78, 5) is 13.5. The number of nitrogens with one attached hydrogen (secondary N) is 1. The second-order valence-electron chi connectivity index (χ2n) is 4.23. The van der Waals surface area contributed by atoms with Crippen LogP contribution in [0.1, 0.15) is 25.8 Å². The van der Waals surface area contributed by atoms with E-state index in [2.05, 4.69) is 21.2 Å². The van der Waals surface area contributed by atoms with Crippen molar-refractivity contribution in [3.8, 4) is 0 Å². The molecule has 0 bridgehead atoms. The molecule has 0 atom stereocenters. The average Bonchev–Trinajstić information content (AvgIpc) is 2.40. The Hall–Kier alpha value is -0.940. The molecule has 1 amide bonds. The second kappa shape index (κ2) is 8.27. The lowest BCUT2D eigenvalue weighted by Crippen LogP contribution is -2.32. The maximum atomic E-state index is 13.5. The Morgan fingerprint density at radius 2 is 2.05 bits per heavy atom. The highest BCUT2D eigenvalue weighted by molar-refractivity contribution is 9.10. The molecular formula is C14H20BrFN2O. The minimum absolute atomic E-state index is 0.132. The van der Waals surface area contributed by atoms with E-state index in [9.17, 15) is 9.18 Å². The molecule has 1 aromatic rings. The van der Waals surface area contributed by atoms with Gasteiger partial charge in [0.1, 0.15) is 5.82 Å². The lowest BCUT2D eigenvalue weighted by molar-refractivity contribution is -0.130. The maximum Gasteiger partial charge on any atom is 0.223 e. The summed E-state index contributed by atoms with van der Waals surface area (Å²) in [5.41, 5.74) is 0.602. The number of nitrogens with zero attached hydrogens (tertiary/aromatic N) is 1. The van der Waals surface area contributed by atoms with Crippen LogP contribution in [0.5, 0.6) is 0 Å². The molecule has 0 heterocycles. The number of rotatable bonds is 7. The van der Waals surface area contributed by atoms with E-state index in [4.69, 9.17) is 0 Å². The molecule has 1 N–H and O–H groups in total. The molecule has 1 aromatic carbocycles. The Kier molecular flexibility index (Phi) is 7.02. The molecule has 0 radical (unpaired) electrons. The number of amides is 1. The molecule has 5 heteroatoms. The lowest BCUT2D eigenvalue weighted by atomic mass is 10.2. The molecule has 0 saturated heterocycles. The SMILES string of the molecule is CCN(CC)C(=O)CCNCc1cc(Br)ccc1F. The van der Waals surface area contributed by atoms with Gasteiger partial charge in [0.2, 0.25) is 5.91 Å². The summed E-state index contributed by atoms with van der Waals surface area (Å²) >= 11 is 3.31. The van der Waals surface area contributed by atoms with Gasteiger partial charge < -0.3 is 10.2 Å². The minimum Gasteiger partial charge on any atom is -0.343 e. The van der Waals surface area contributed by atoms with Gasteiger partial charge >= 0.3 is 0 Å². The topological polar surface area (TPSA) is 32.3 Å². The quantitative estimate of drug-likeness (QED) is 0.779. The zero-order chi connectivity index (χ0) is 14.3. The third-order valence-electron chi connectivity index (χ3n) is 2.96. The molecule has 0 aliphatic carbocycles. The van der Waals surface area contributed by atoms with Gasteiger partial charge in [-0.15, -0.1) is 0 Å². The first-order valence-electron chi connectivity index (χ1n) is 6.50. The van der Waals surface area contributed by atoms with Crippen LogP contribution < -0.4 is 5.32 Å². The number of hydrogen-bond donors (Lipinski definition) is 1. The summed E-state index contributed by atoms with van der Waals surface area (Å²) in [6.07, 6.45) is 0.442. The molecule has 0 aromatic heterocycles. The van der Waals surface area contributed by atoms with Crippen LogP contribution in [0.15, 0.2) is 22.7 Å². The van der Waals surface area contributed by atoms with Crippen LogP contribution in [-0.2, 0) is 11.3 Å². The van der Waals surface area contributed by atoms with Gasteiger partial charge in [0.25, 0.3) is 0 Å². The largest absolute Gasteiger partial charge is 0.343 e. The molecule has 106 valence electrons. The van der Waals surface area contributed by atoms with Crippen LogP contribution in [0.25, 0.3) is 0 Å². The van der Waals surface area contributed by atoms with Gasteiger partial charge in [-0.05, 0) is 32.0 Å².